The Labute approximate surface area is 94.1 Å². The Balaban J connectivity index is 2.90. The minimum Gasteiger partial charge on any atom is -0.497 e. The molecule has 1 N–H and O–H groups in total. The molecule has 5 heteroatoms. The van der Waals surface area contributed by atoms with Crippen molar-refractivity contribution in [2.75, 3.05) is 27.4 Å². The normalized spacial score (nSPS) is 9.69. The van der Waals surface area contributed by atoms with Gasteiger partial charge in [0.1, 0.15) is 23.7 Å². The van der Waals surface area contributed by atoms with Crippen molar-refractivity contribution in [3.8, 4) is 11.5 Å². The summed E-state index contributed by atoms with van der Waals surface area (Å²) in [5.74, 6) is 0.509. The molecule has 1 radical (unpaired) electrons. The molecule has 87 valence electrons. The van der Waals surface area contributed by atoms with Crippen LogP contribution in [0.1, 0.15) is 10.4 Å². The van der Waals surface area contributed by atoms with Crippen LogP contribution in [0.5, 0.6) is 11.5 Å². The third-order valence-electron chi connectivity index (χ3n) is 1.96. The highest BCUT2D eigenvalue weighted by atomic mass is 16.5. The Morgan fingerprint density at radius 1 is 1.31 bits per heavy atom. The molecule has 0 aliphatic carbocycles. The highest BCUT2D eigenvalue weighted by Gasteiger charge is 2.14. The van der Waals surface area contributed by atoms with Gasteiger partial charge < -0.3 is 14.2 Å². The third kappa shape index (κ3) is 2.87. The monoisotopic (exact) mass is 224 g/mol. The van der Waals surface area contributed by atoms with Crippen molar-refractivity contribution in [3.05, 3.63) is 23.8 Å². The number of hydrogen-bond acceptors (Lipinski definition) is 4. The molecule has 0 saturated carbocycles. The van der Waals surface area contributed by atoms with Crippen molar-refractivity contribution in [1.29, 1.82) is 0 Å². The molecule has 0 saturated heterocycles. The van der Waals surface area contributed by atoms with Crippen LogP contribution in [0.3, 0.4) is 0 Å². The summed E-state index contributed by atoms with van der Waals surface area (Å²) >= 11 is 0. The minimum absolute atomic E-state index is 0.0458. The van der Waals surface area contributed by atoms with Crippen molar-refractivity contribution in [1.82, 2.24) is 5.73 Å². The Hall–Kier alpha value is -1.75. The quantitative estimate of drug-likeness (QED) is 0.703. The molecule has 0 heterocycles. The molecular weight excluding hydrogens is 210 g/mol. The highest BCUT2D eigenvalue weighted by Crippen LogP contribution is 2.24. The second-order valence-electron chi connectivity index (χ2n) is 2.95. The molecule has 5 nitrogen and oxygen atoms in total. The largest absolute Gasteiger partial charge is 0.497 e. The number of carbonyl (C=O) groups excluding carboxylic acids is 1. The summed E-state index contributed by atoms with van der Waals surface area (Å²) in [7, 11) is 3.00. The minimum atomic E-state index is -0.494. The van der Waals surface area contributed by atoms with Crippen LogP contribution >= 0.6 is 0 Å². The van der Waals surface area contributed by atoms with Gasteiger partial charge in [-0.3, -0.25) is 5.73 Å². The lowest BCUT2D eigenvalue weighted by Gasteiger charge is -2.09. The summed E-state index contributed by atoms with van der Waals surface area (Å²) in [5, 5.41) is 0. The Morgan fingerprint density at radius 2 is 2.06 bits per heavy atom. The van der Waals surface area contributed by atoms with Crippen molar-refractivity contribution in [2.24, 2.45) is 0 Å². The lowest BCUT2D eigenvalue weighted by atomic mass is 10.2. The van der Waals surface area contributed by atoms with Gasteiger partial charge in [-0.1, -0.05) is 0 Å². The number of ether oxygens (including phenoxy) is 3. The molecule has 0 aliphatic rings. The number of hydrogen-bond donors (Lipinski definition) is 0. The fourth-order valence-corrected chi connectivity index (χ4v) is 1.19. The number of esters is 1. The molecule has 0 fully saturated rings. The summed E-state index contributed by atoms with van der Waals surface area (Å²) < 4.78 is 14.9. The Bertz CT molecular complexity index is 365. The zero-order valence-electron chi connectivity index (χ0n) is 9.28. The molecule has 0 bridgehead atoms. The lowest BCUT2D eigenvalue weighted by Crippen LogP contribution is -2.10. The van der Waals surface area contributed by atoms with Gasteiger partial charge in [0.2, 0.25) is 0 Å². The highest BCUT2D eigenvalue weighted by molar-refractivity contribution is 5.92. The van der Waals surface area contributed by atoms with Crippen LogP contribution in [0.2, 0.25) is 0 Å². The van der Waals surface area contributed by atoms with E-state index in [-0.39, 0.29) is 13.2 Å². The maximum atomic E-state index is 11.6. The molecule has 1 aromatic rings. The molecule has 0 aliphatic heterocycles. The van der Waals surface area contributed by atoms with Crippen LogP contribution in [-0.2, 0) is 4.74 Å². The van der Waals surface area contributed by atoms with E-state index in [0.29, 0.717) is 17.1 Å². The first-order valence-corrected chi connectivity index (χ1v) is 4.76. The molecule has 1 rings (SSSR count). The van der Waals surface area contributed by atoms with Gasteiger partial charge >= 0.3 is 5.97 Å². The zero-order valence-corrected chi connectivity index (χ0v) is 9.28. The van der Waals surface area contributed by atoms with Crippen LogP contribution in [0, 0.1) is 0 Å². The van der Waals surface area contributed by atoms with Crippen molar-refractivity contribution in [3.63, 3.8) is 0 Å². The van der Waals surface area contributed by atoms with E-state index >= 15 is 0 Å². The van der Waals surface area contributed by atoms with E-state index in [1.807, 2.05) is 0 Å². The van der Waals surface area contributed by atoms with Crippen molar-refractivity contribution in [2.45, 2.75) is 0 Å². The number of methoxy groups -OCH3 is 2. The molecule has 1 aromatic carbocycles. The van der Waals surface area contributed by atoms with Gasteiger partial charge in [-0.05, 0) is 12.1 Å². The number of benzene rings is 1. The lowest BCUT2D eigenvalue weighted by molar-refractivity contribution is 0.0511. The van der Waals surface area contributed by atoms with Crippen LogP contribution in [0.4, 0.5) is 0 Å². The first kappa shape index (κ1) is 12.3. The fraction of sp³-hybridized carbons (Fsp3) is 0.364. The standard InChI is InChI=1S/C11H14NO4/c1-14-8-3-4-9(10(7-8)15-2)11(13)16-6-5-12/h3-4,7,12H,5-6H2,1-2H3. The van der Waals surface area contributed by atoms with E-state index in [0.717, 1.165) is 0 Å². The van der Waals surface area contributed by atoms with E-state index in [1.165, 1.54) is 14.2 Å². The second kappa shape index (κ2) is 5.97. The zero-order chi connectivity index (χ0) is 12.0. The molecular formula is C11H14NO4. The van der Waals surface area contributed by atoms with E-state index < -0.39 is 5.97 Å². The van der Waals surface area contributed by atoms with Crippen molar-refractivity contribution >= 4 is 5.97 Å². The Morgan fingerprint density at radius 3 is 2.62 bits per heavy atom. The van der Waals surface area contributed by atoms with Gasteiger partial charge in [-0.15, -0.1) is 0 Å². The van der Waals surface area contributed by atoms with E-state index in [2.05, 4.69) is 0 Å². The average molecular weight is 224 g/mol. The molecule has 0 amide bonds. The fourth-order valence-electron chi connectivity index (χ4n) is 1.19. The van der Waals surface area contributed by atoms with E-state index in [4.69, 9.17) is 19.9 Å². The average Bonchev–Trinajstić information content (AvgIpc) is 2.34. The maximum Gasteiger partial charge on any atom is 0.341 e. The predicted molar refractivity (Wildman–Crippen MR) is 57.8 cm³/mol. The summed E-state index contributed by atoms with van der Waals surface area (Å²) in [6, 6.07) is 4.83. The van der Waals surface area contributed by atoms with Gasteiger partial charge in [0.25, 0.3) is 0 Å². The first-order chi connectivity index (χ1) is 7.72. The van der Waals surface area contributed by atoms with Crippen LogP contribution in [0.15, 0.2) is 18.2 Å². The smallest absolute Gasteiger partial charge is 0.341 e. The van der Waals surface area contributed by atoms with Crippen LogP contribution in [-0.4, -0.2) is 33.3 Å². The molecule has 0 unspecified atom stereocenters. The van der Waals surface area contributed by atoms with Crippen LogP contribution < -0.4 is 15.2 Å². The van der Waals surface area contributed by atoms with Gasteiger partial charge in [0.05, 0.1) is 14.2 Å². The number of nitrogens with one attached hydrogen (secondary N) is 1. The number of carbonyl (C=O) groups is 1. The third-order valence-corrected chi connectivity index (χ3v) is 1.96. The van der Waals surface area contributed by atoms with Crippen molar-refractivity contribution < 1.29 is 19.0 Å². The first-order valence-electron chi connectivity index (χ1n) is 4.76. The molecule has 16 heavy (non-hydrogen) atoms. The Kier molecular flexibility index (Phi) is 4.60. The molecule has 0 spiro atoms. The number of rotatable bonds is 5. The molecule has 0 aromatic heterocycles. The predicted octanol–water partition coefficient (Wildman–Crippen LogP) is 1.14. The van der Waals surface area contributed by atoms with Gasteiger partial charge in [0, 0.05) is 12.6 Å². The summed E-state index contributed by atoms with van der Waals surface area (Å²) in [6.07, 6.45) is 0. The topological polar surface area (TPSA) is 68.6 Å². The molecule has 0 atom stereocenters. The summed E-state index contributed by atoms with van der Waals surface area (Å²) in [4.78, 5) is 11.6. The second-order valence-corrected chi connectivity index (χ2v) is 2.95. The summed E-state index contributed by atoms with van der Waals surface area (Å²) in [6.45, 7) is 0.123. The SMILES string of the molecule is COc1ccc(C(=O)OCC[NH])c(OC)c1. The maximum absolute atomic E-state index is 11.6. The van der Waals surface area contributed by atoms with Gasteiger partial charge in [0.15, 0.2) is 0 Å². The van der Waals surface area contributed by atoms with Gasteiger partial charge in [-0.25, -0.2) is 4.79 Å². The van der Waals surface area contributed by atoms with E-state index in [1.54, 1.807) is 18.2 Å². The van der Waals surface area contributed by atoms with E-state index in [9.17, 15) is 4.79 Å². The van der Waals surface area contributed by atoms with Crippen LogP contribution in [0.25, 0.3) is 0 Å². The van der Waals surface area contributed by atoms with Gasteiger partial charge in [-0.2, -0.15) is 0 Å². The summed E-state index contributed by atoms with van der Waals surface area (Å²) in [5.41, 5.74) is 7.22.